The van der Waals surface area contributed by atoms with Crippen molar-refractivity contribution in [2.24, 2.45) is 0 Å². The van der Waals surface area contributed by atoms with Crippen molar-refractivity contribution in [3.8, 4) is 22.3 Å². The number of hydrogen-bond acceptors (Lipinski definition) is 1. The largest absolute Gasteiger partial charge is 0.456 e. The van der Waals surface area contributed by atoms with Crippen LogP contribution in [0.4, 0.5) is 0 Å². The molecule has 0 spiro atoms. The number of para-hydroxylation sites is 1. The lowest BCUT2D eigenvalue weighted by atomic mass is 9.83. The molecule has 1 aliphatic carbocycles. The Bertz CT molecular complexity index is 3180. The maximum atomic E-state index is 6.64. The van der Waals surface area contributed by atoms with Gasteiger partial charge in [0.25, 0.3) is 0 Å². The van der Waals surface area contributed by atoms with Crippen molar-refractivity contribution in [3.63, 3.8) is 0 Å². The molecule has 226 valence electrons. The summed E-state index contributed by atoms with van der Waals surface area (Å²) in [6, 6.07) is 49.4. The van der Waals surface area contributed by atoms with Crippen molar-refractivity contribution < 1.29 is 4.42 Å². The summed E-state index contributed by atoms with van der Waals surface area (Å²) >= 11 is 0. The summed E-state index contributed by atoms with van der Waals surface area (Å²) in [7, 11) is 0. The van der Waals surface area contributed by atoms with Gasteiger partial charge in [-0.25, -0.2) is 0 Å². The van der Waals surface area contributed by atoms with Gasteiger partial charge in [0.1, 0.15) is 11.2 Å². The number of rotatable bonds is 2. The highest BCUT2D eigenvalue weighted by molar-refractivity contribution is 6.45. The van der Waals surface area contributed by atoms with Gasteiger partial charge in [-0.3, -0.25) is 0 Å². The molecule has 0 amide bonds. The molecule has 0 N–H and O–H groups in total. The first-order valence-corrected chi connectivity index (χ1v) is 17.3. The van der Waals surface area contributed by atoms with Crippen LogP contribution in [0.15, 0.2) is 144 Å². The van der Waals surface area contributed by atoms with Gasteiger partial charge < -0.3 is 4.42 Å². The van der Waals surface area contributed by atoms with Gasteiger partial charge in [0.2, 0.25) is 0 Å². The molecular formula is C48H28O. The van der Waals surface area contributed by atoms with Crippen molar-refractivity contribution in [2.45, 2.75) is 12.8 Å². The van der Waals surface area contributed by atoms with Crippen LogP contribution in [-0.2, 0) is 6.42 Å². The van der Waals surface area contributed by atoms with Crippen LogP contribution in [0.2, 0.25) is 0 Å². The highest BCUT2D eigenvalue weighted by Crippen LogP contribution is 2.55. The second kappa shape index (κ2) is 9.24. The number of fused-ring (bicyclic) bond motifs is 12. The molecule has 0 saturated carbocycles. The molecule has 10 aromatic carbocycles. The number of hydrogen-bond donors (Lipinski definition) is 0. The topological polar surface area (TPSA) is 13.1 Å². The Morgan fingerprint density at radius 2 is 1.00 bits per heavy atom. The zero-order chi connectivity index (χ0) is 31.8. The molecule has 49 heavy (non-hydrogen) atoms. The lowest BCUT2D eigenvalue weighted by Crippen LogP contribution is -1.91. The van der Waals surface area contributed by atoms with Crippen molar-refractivity contribution in [2.75, 3.05) is 0 Å². The molecule has 11 aromatic rings. The standard InChI is InChI=1S/C48H28O/c1-3-13-27(14-4-1)41-37-25-36-30-18-8-7-17-29(30)31-20-11-22-34(43(31)36)46(37)42(28-15-5-2-6-16-28)47-35-23-12-21-33-44(35)38(48(41)47)26-40-45(33)32-19-9-10-24-39(32)49-40/h1-6,8-16,18-26H,7,17H2. The number of benzene rings is 8. The second-order valence-electron chi connectivity index (χ2n) is 13.8. The number of aryl methyl sites for hydroxylation is 1. The molecule has 0 unspecified atom stereocenters. The molecule has 0 aliphatic heterocycles. The summed E-state index contributed by atoms with van der Waals surface area (Å²) in [5.41, 5.74) is 9.88. The highest BCUT2D eigenvalue weighted by Gasteiger charge is 2.28. The van der Waals surface area contributed by atoms with E-state index in [0.717, 1.165) is 24.0 Å². The van der Waals surface area contributed by atoms with Gasteiger partial charge in [-0.05, 0) is 129 Å². The molecule has 0 atom stereocenters. The minimum Gasteiger partial charge on any atom is -0.456 e. The second-order valence-corrected chi connectivity index (χ2v) is 13.8. The van der Waals surface area contributed by atoms with Crippen molar-refractivity contribution in [1.29, 1.82) is 0 Å². The fourth-order valence-corrected chi connectivity index (χ4v) is 9.56. The van der Waals surface area contributed by atoms with Crippen LogP contribution in [-0.4, -0.2) is 0 Å². The van der Waals surface area contributed by atoms with Gasteiger partial charge in [0.15, 0.2) is 0 Å². The Balaban J connectivity index is 1.44. The Morgan fingerprint density at radius 3 is 1.80 bits per heavy atom. The van der Waals surface area contributed by atoms with Crippen molar-refractivity contribution in [1.82, 2.24) is 0 Å². The first-order chi connectivity index (χ1) is 24.3. The molecule has 1 heterocycles. The third-order valence-electron chi connectivity index (χ3n) is 11.4. The summed E-state index contributed by atoms with van der Waals surface area (Å²) in [6.45, 7) is 0. The first kappa shape index (κ1) is 25.9. The lowest BCUT2D eigenvalue weighted by Gasteiger charge is -2.19. The molecule has 1 heteroatoms. The van der Waals surface area contributed by atoms with Gasteiger partial charge in [0, 0.05) is 10.8 Å². The Hall–Kier alpha value is -6.18. The van der Waals surface area contributed by atoms with Crippen molar-refractivity contribution in [3.05, 3.63) is 151 Å². The SMILES string of the molecule is C1=Cc2c(c3cccc4c5c(-c6ccccc6)c6c7cccc8c9c(cc(c6c(-c6ccccc6)c5cc2c34)c78)oc2ccccc29)CC1. The van der Waals surface area contributed by atoms with E-state index in [1.54, 1.807) is 0 Å². The molecule has 0 radical (unpaired) electrons. The maximum absolute atomic E-state index is 6.64. The third-order valence-corrected chi connectivity index (χ3v) is 11.4. The van der Waals surface area contributed by atoms with Crippen LogP contribution < -0.4 is 0 Å². The first-order valence-electron chi connectivity index (χ1n) is 17.3. The lowest BCUT2D eigenvalue weighted by molar-refractivity contribution is 0.669. The van der Waals surface area contributed by atoms with E-state index in [2.05, 4.69) is 146 Å². The minimum absolute atomic E-state index is 0.934. The summed E-state index contributed by atoms with van der Waals surface area (Å²) in [6.07, 6.45) is 6.92. The molecule has 1 aromatic heterocycles. The Kier molecular flexibility index (Phi) is 4.88. The van der Waals surface area contributed by atoms with Gasteiger partial charge in [0.05, 0.1) is 0 Å². The maximum Gasteiger partial charge on any atom is 0.136 e. The van der Waals surface area contributed by atoms with E-state index in [0.29, 0.717) is 0 Å². The van der Waals surface area contributed by atoms with Gasteiger partial charge in [-0.1, -0.05) is 127 Å². The van der Waals surface area contributed by atoms with Crippen LogP contribution in [0.25, 0.3) is 115 Å². The predicted molar refractivity (Wildman–Crippen MR) is 209 cm³/mol. The van der Waals surface area contributed by atoms with E-state index in [-0.39, 0.29) is 0 Å². The van der Waals surface area contributed by atoms with Crippen LogP contribution >= 0.6 is 0 Å². The molecule has 0 saturated heterocycles. The van der Waals surface area contributed by atoms with Crippen LogP contribution in [0, 0.1) is 0 Å². The molecule has 0 fully saturated rings. The highest BCUT2D eigenvalue weighted by atomic mass is 16.3. The molecule has 12 rings (SSSR count). The zero-order valence-corrected chi connectivity index (χ0v) is 26.7. The fraction of sp³-hybridized carbons (Fsp3) is 0.0417. The average molecular weight is 621 g/mol. The Labute approximate surface area is 282 Å². The van der Waals surface area contributed by atoms with E-state index in [9.17, 15) is 0 Å². The van der Waals surface area contributed by atoms with E-state index >= 15 is 0 Å². The predicted octanol–water partition coefficient (Wildman–Crippen LogP) is 13.7. The van der Waals surface area contributed by atoms with E-state index in [1.165, 1.54) is 109 Å². The third kappa shape index (κ3) is 3.21. The van der Waals surface area contributed by atoms with E-state index in [1.807, 2.05) is 0 Å². The number of furan rings is 1. The fourth-order valence-electron chi connectivity index (χ4n) is 9.56. The number of allylic oxidation sites excluding steroid dienone is 1. The van der Waals surface area contributed by atoms with Crippen LogP contribution in [0.1, 0.15) is 17.5 Å². The summed E-state index contributed by atoms with van der Waals surface area (Å²) in [5.74, 6) is 0. The Morgan fingerprint density at radius 1 is 0.388 bits per heavy atom. The quantitative estimate of drug-likeness (QED) is 0.175. The van der Waals surface area contributed by atoms with E-state index in [4.69, 9.17) is 4.42 Å². The van der Waals surface area contributed by atoms with Crippen LogP contribution in [0.3, 0.4) is 0 Å². The summed E-state index contributed by atoms with van der Waals surface area (Å²) in [4.78, 5) is 0. The molecule has 0 bridgehead atoms. The molecule has 1 aliphatic rings. The normalized spacial score (nSPS) is 13.5. The molecular weight excluding hydrogens is 593 g/mol. The van der Waals surface area contributed by atoms with Gasteiger partial charge in [-0.2, -0.15) is 0 Å². The zero-order valence-electron chi connectivity index (χ0n) is 26.7. The summed E-state index contributed by atoms with van der Waals surface area (Å²) in [5, 5.41) is 18.3. The monoisotopic (exact) mass is 620 g/mol. The van der Waals surface area contributed by atoms with Crippen LogP contribution in [0.5, 0.6) is 0 Å². The smallest absolute Gasteiger partial charge is 0.136 e. The average Bonchev–Trinajstić information content (AvgIpc) is 3.81. The van der Waals surface area contributed by atoms with Gasteiger partial charge >= 0.3 is 0 Å². The molecule has 1 nitrogen and oxygen atoms in total. The van der Waals surface area contributed by atoms with E-state index < -0.39 is 0 Å². The minimum atomic E-state index is 0.934. The van der Waals surface area contributed by atoms with Crippen molar-refractivity contribution >= 4 is 92.6 Å². The van der Waals surface area contributed by atoms with Gasteiger partial charge in [-0.15, -0.1) is 0 Å². The summed E-state index contributed by atoms with van der Waals surface area (Å²) < 4.78 is 6.64.